The fourth-order valence-corrected chi connectivity index (χ4v) is 7.96. The van der Waals surface area contributed by atoms with Gasteiger partial charge in [0, 0.05) is 16.6 Å². The number of hydrogen-bond donors (Lipinski definition) is 1. The van der Waals surface area contributed by atoms with Crippen molar-refractivity contribution in [3.05, 3.63) is 193 Å². The lowest BCUT2D eigenvalue weighted by Crippen LogP contribution is -2.07. The third-order valence-electron chi connectivity index (χ3n) is 10.3. The molecule has 0 saturated heterocycles. The molecule has 0 saturated carbocycles. The Kier molecular flexibility index (Phi) is 7.63. The highest BCUT2D eigenvalue weighted by Crippen LogP contribution is 2.45. The molecule has 1 aliphatic carbocycles. The molecule has 51 heavy (non-hydrogen) atoms. The zero-order valence-corrected chi connectivity index (χ0v) is 28.3. The number of benzene rings is 7. The van der Waals surface area contributed by atoms with Crippen molar-refractivity contribution < 1.29 is 0 Å². The maximum Gasteiger partial charge on any atom is 0.0672 e. The van der Waals surface area contributed by atoms with Gasteiger partial charge >= 0.3 is 0 Å². The van der Waals surface area contributed by atoms with Crippen molar-refractivity contribution in [1.82, 2.24) is 4.57 Å². The van der Waals surface area contributed by atoms with Crippen LogP contribution in [0.4, 0.5) is 0 Å². The summed E-state index contributed by atoms with van der Waals surface area (Å²) in [6.45, 7) is 4.26. The van der Waals surface area contributed by atoms with Gasteiger partial charge in [0.2, 0.25) is 0 Å². The highest BCUT2D eigenvalue weighted by atomic mass is 15.0. The van der Waals surface area contributed by atoms with Gasteiger partial charge in [-0.15, -0.1) is 0 Å². The molecule has 0 unspecified atom stereocenters. The Morgan fingerprint density at radius 3 is 1.73 bits per heavy atom. The standard InChI is InChI=1S/C49H36N2/c1-2-44-48(49(50)35-21-11-5-12-22-35)43-32-37(28-30-45(43)51(44)38-23-13-6-14-24-38)36-27-29-41-42(31-36)47(34-19-9-4-10-20-34)40-26-16-15-25-39(40)46(41)33-17-7-3-8-18-33/h2-11,13-21,23-32,50H,1,12,22H2. The van der Waals surface area contributed by atoms with Crippen LogP contribution in [0.25, 0.3) is 77.6 Å². The number of para-hydroxylation sites is 1. The van der Waals surface area contributed by atoms with Crippen LogP contribution in [-0.4, -0.2) is 10.3 Å². The lowest BCUT2D eigenvalue weighted by molar-refractivity contribution is 1.000. The minimum Gasteiger partial charge on any atom is -0.309 e. The van der Waals surface area contributed by atoms with Gasteiger partial charge in [0.05, 0.1) is 16.9 Å². The average Bonchev–Trinajstić information content (AvgIpc) is 3.54. The van der Waals surface area contributed by atoms with Gasteiger partial charge in [-0.2, -0.15) is 0 Å². The molecule has 0 amide bonds. The van der Waals surface area contributed by atoms with E-state index in [-0.39, 0.29) is 0 Å². The first-order chi connectivity index (χ1) is 25.2. The molecular weight excluding hydrogens is 617 g/mol. The Bertz CT molecular complexity index is 2690. The van der Waals surface area contributed by atoms with E-state index < -0.39 is 0 Å². The van der Waals surface area contributed by atoms with Crippen molar-refractivity contribution >= 4 is 44.2 Å². The lowest BCUT2D eigenvalue weighted by atomic mass is 9.85. The van der Waals surface area contributed by atoms with E-state index >= 15 is 0 Å². The maximum absolute atomic E-state index is 9.55. The van der Waals surface area contributed by atoms with Crippen molar-refractivity contribution in [3.8, 4) is 39.1 Å². The number of aromatic nitrogens is 1. The van der Waals surface area contributed by atoms with Crippen LogP contribution >= 0.6 is 0 Å². The molecule has 0 spiro atoms. The SMILES string of the molecule is C=Cc1c(C(=N)C2=CC=CCC2)c2cc(-c3ccc4c(-c5ccccc5)c5ccccc5c(-c5ccccc5)c4c3)ccc2n1-c1ccccc1. The van der Waals surface area contributed by atoms with Crippen molar-refractivity contribution in [2.45, 2.75) is 12.8 Å². The molecule has 0 atom stereocenters. The van der Waals surface area contributed by atoms with E-state index in [0.29, 0.717) is 5.71 Å². The minimum absolute atomic E-state index is 0.565. The molecule has 2 nitrogen and oxygen atoms in total. The van der Waals surface area contributed by atoms with E-state index in [9.17, 15) is 5.41 Å². The highest BCUT2D eigenvalue weighted by Gasteiger charge is 2.23. The first kappa shape index (κ1) is 30.5. The molecular formula is C49H36N2. The summed E-state index contributed by atoms with van der Waals surface area (Å²) in [5.74, 6) is 0. The van der Waals surface area contributed by atoms with Gasteiger partial charge in [0.1, 0.15) is 0 Å². The topological polar surface area (TPSA) is 28.8 Å². The summed E-state index contributed by atoms with van der Waals surface area (Å²) < 4.78 is 2.25. The average molecular weight is 653 g/mol. The molecule has 7 aromatic carbocycles. The van der Waals surface area contributed by atoms with E-state index in [2.05, 4.69) is 175 Å². The molecule has 1 N–H and O–H groups in total. The highest BCUT2D eigenvalue weighted by molar-refractivity contribution is 6.23. The van der Waals surface area contributed by atoms with Crippen LogP contribution in [0.3, 0.4) is 0 Å². The predicted molar refractivity (Wildman–Crippen MR) is 218 cm³/mol. The number of allylic oxidation sites excluding steroid dienone is 4. The largest absolute Gasteiger partial charge is 0.309 e. The van der Waals surface area contributed by atoms with Crippen LogP contribution in [0.2, 0.25) is 0 Å². The molecule has 8 aromatic rings. The van der Waals surface area contributed by atoms with Crippen molar-refractivity contribution in [3.63, 3.8) is 0 Å². The Hall–Kier alpha value is -6.51. The van der Waals surface area contributed by atoms with Crippen LogP contribution in [0.5, 0.6) is 0 Å². The normalized spacial score (nSPS) is 12.7. The monoisotopic (exact) mass is 652 g/mol. The van der Waals surface area contributed by atoms with Crippen molar-refractivity contribution in [2.24, 2.45) is 0 Å². The molecule has 242 valence electrons. The Labute approximate surface area is 298 Å². The molecule has 1 aliphatic rings. The van der Waals surface area contributed by atoms with Crippen molar-refractivity contribution in [1.29, 1.82) is 5.41 Å². The van der Waals surface area contributed by atoms with E-state index in [1.54, 1.807) is 0 Å². The molecule has 0 bridgehead atoms. The lowest BCUT2D eigenvalue weighted by Gasteiger charge is -2.19. The van der Waals surface area contributed by atoms with Gasteiger partial charge < -0.3 is 4.57 Å². The molecule has 2 heteroatoms. The van der Waals surface area contributed by atoms with Crippen LogP contribution in [-0.2, 0) is 0 Å². The fourth-order valence-electron chi connectivity index (χ4n) is 7.96. The second-order valence-corrected chi connectivity index (χ2v) is 13.2. The molecule has 0 fully saturated rings. The molecule has 0 aliphatic heterocycles. The van der Waals surface area contributed by atoms with Gasteiger partial charge in [-0.3, -0.25) is 5.41 Å². The number of rotatable bonds is 7. The fraction of sp³-hybridized carbons (Fsp3) is 0.0408. The number of fused-ring (bicyclic) bond motifs is 3. The second kappa shape index (κ2) is 12.7. The van der Waals surface area contributed by atoms with Crippen LogP contribution < -0.4 is 0 Å². The van der Waals surface area contributed by atoms with Crippen LogP contribution in [0.1, 0.15) is 24.1 Å². The van der Waals surface area contributed by atoms with Gasteiger partial charge in [-0.1, -0.05) is 146 Å². The summed E-state index contributed by atoms with van der Waals surface area (Å²) in [4.78, 5) is 0. The van der Waals surface area contributed by atoms with Gasteiger partial charge in [0.15, 0.2) is 0 Å². The Morgan fingerprint density at radius 1 is 0.569 bits per heavy atom. The van der Waals surface area contributed by atoms with Gasteiger partial charge in [0.25, 0.3) is 0 Å². The first-order valence-corrected chi connectivity index (χ1v) is 17.6. The molecule has 9 rings (SSSR count). The molecule has 1 heterocycles. The van der Waals surface area contributed by atoms with E-state index in [1.807, 2.05) is 12.1 Å². The Balaban J connectivity index is 1.33. The summed E-state index contributed by atoms with van der Waals surface area (Å²) in [6.07, 6.45) is 10.1. The zero-order chi connectivity index (χ0) is 34.3. The van der Waals surface area contributed by atoms with E-state index in [4.69, 9.17) is 0 Å². The molecule has 0 radical (unpaired) electrons. The van der Waals surface area contributed by atoms with Crippen LogP contribution in [0.15, 0.2) is 182 Å². The van der Waals surface area contributed by atoms with Gasteiger partial charge in [-0.05, 0) is 110 Å². The smallest absolute Gasteiger partial charge is 0.0672 e. The summed E-state index contributed by atoms with van der Waals surface area (Å²) >= 11 is 0. The summed E-state index contributed by atoms with van der Waals surface area (Å²) in [5.41, 5.74) is 12.8. The third kappa shape index (κ3) is 5.16. The summed E-state index contributed by atoms with van der Waals surface area (Å²) in [7, 11) is 0. The van der Waals surface area contributed by atoms with E-state index in [1.165, 1.54) is 43.8 Å². The van der Waals surface area contributed by atoms with E-state index in [0.717, 1.165) is 57.4 Å². The van der Waals surface area contributed by atoms with Gasteiger partial charge in [-0.25, -0.2) is 0 Å². The number of hydrogen-bond acceptors (Lipinski definition) is 1. The minimum atomic E-state index is 0.565. The maximum atomic E-state index is 9.55. The predicted octanol–water partition coefficient (Wildman–Crippen LogP) is 13.2. The second-order valence-electron chi connectivity index (χ2n) is 13.2. The van der Waals surface area contributed by atoms with Crippen molar-refractivity contribution in [2.75, 3.05) is 0 Å². The third-order valence-corrected chi connectivity index (χ3v) is 10.3. The number of nitrogens with one attached hydrogen (secondary N) is 1. The summed E-state index contributed by atoms with van der Waals surface area (Å²) in [6, 6.07) is 54.5. The summed E-state index contributed by atoms with van der Waals surface area (Å²) in [5, 5.41) is 15.5. The first-order valence-electron chi connectivity index (χ1n) is 17.6. The van der Waals surface area contributed by atoms with Crippen LogP contribution in [0, 0.1) is 5.41 Å². The quantitative estimate of drug-likeness (QED) is 0.131. The number of nitrogens with zero attached hydrogens (tertiary/aromatic N) is 1. The Morgan fingerprint density at radius 2 is 1.12 bits per heavy atom. The molecule has 1 aromatic heterocycles. The zero-order valence-electron chi connectivity index (χ0n) is 28.3.